The van der Waals surface area contributed by atoms with Crippen LogP contribution >= 0.6 is 11.6 Å². The molecule has 0 unspecified atom stereocenters. The van der Waals surface area contributed by atoms with E-state index in [2.05, 4.69) is 9.84 Å². The number of hydrazone groups is 1. The van der Waals surface area contributed by atoms with Gasteiger partial charge < -0.3 is 4.74 Å². The van der Waals surface area contributed by atoms with Crippen LogP contribution in [0, 0.1) is 10.1 Å². The Hall–Kier alpha value is -2.15. The van der Waals surface area contributed by atoms with Crippen LogP contribution in [0.4, 0.5) is 10.5 Å². The predicted molar refractivity (Wildman–Crippen MR) is 61.2 cm³/mol. The van der Waals surface area contributed by atoms with Crippen molar-refractivity contribution in [1.29, 1.82) is 0 Å². The molecule has 0 aliphatic carbocycles. The van der Waals surface area contributed by atoms with Gasteiger partial charge in [0.05, 0.1) is 18.2 Å². The summed E-state index contributed by atoms with van der Waals surface area (Å²) in [7, 11) is 1.19. The number of carbonyl (C=O) groups excluding carboxylic acids is 1. The molecule has 0 atom stereocenters. The summed E-state index contributed by atoms with van der Waals surface area (Å²) in [6, 6.07) is 3.89. The standard InChI is InChI=1S/C9H8ClN3O4/c1-17-9(14)12-11-5-6-4-7(13(15)16)2-3-8(6)10/h2-5H,1H3,(H,12,14). The fourth-order valence-electron chi connectivity index (χ4n) is 0.944. The number of hydrogen-bond donors (Lipinski definition) is 1. The number of rotatable bonds is 3. The first-order chi connectivity index (χ1) is 8.04. The zero-order valence-electron chi connectivity index (χ0n) is 8.71. The summed E-state index contributed by atoms with van der Waals surface area (Å²) in [6.07, 6.45) is 0.439. The molecule has 7 nitrogen and oxygen atoms in total. The molecule has 1 aromatic carbocycles. The second-order valence-electron chi connectivity index (χ2n) is 2.82. The number of nitro benzene ring substituents is 1. The molecule has 0 saturated carbocycles. The Morgan fingerprint density at radius 3 is 2.94 bits per heavy atom. The van der Waals surface area contributed by atoms with E-state index in [0.29, 0.717) is 5.56 Å². The molecule has 0 fully saturated rings. The molecule has 0 bridgehead atoms. The van der Waals surface area contributed by atoms with E-state index >= 15 is 0 Å². The Balaban J connectivity index is 2.86. The molecule has 90 valence electrons. The van der Waals surface area contributed by atoms with E-state index in [4.69, 9.17) is 11.6 Å². The van der Waals surface area contributed by atoms with Crippen molar-refractivity contribution in [3.05, 3.63) is 38.9 Å². The lowest BCUT2D eigenvalue weighted by Gasteiger charge is -1.98. The molecule has 1 rings (SSSR count). The van der Waals surface area contributed by atoms with Gasteiger partial charge in [-0.1, -0.05) is 11.6 Å². The summed E-state index contributed by atoms with van der Waals surface area (Å²) in [5, 5.41) is 14.3. The topological polar surface area (TPSA) is 93.8 Å². The van der Waals surface area contributed by atoms with Gasteiger partial charge in [-0.25, -0.2) is 10.2 Å². The van der Waals surface area contributed by atoms with Crippen LogP contribution in [0.2, 0.25) is 5.02 Å². The van der Waals surface area contributed by atoms with Crippen LogP contribution < -0.4 is 5.43 Å². The summed E-state index contributed by atoms with van der Waals surface area (Å²) in [5.41, 5.74) is 2.24. The highest BCUT2D eigenvalue weighted by Crippen LogP contribution is 2.20. The van der Waals surface area contributed by atoms with Crippen molar-refractivity contribution in [3.8, 4) is 0 Å². The number of non-ortho nitro benzene ring substituents is 1. The predicted octanol–water partition coefficient (Wildman–Crippen LogP) is 1.94. The molecule has 0 aromatic heterocycles. The van der Waals surface area contributed by atoms with E-state index in [1.54, 1.807) is 0 Å². The Bertz CT molecular complexity index is 475. The second kappa shape index (κ2) is 5.80. The highest BCUT2D eigenvalue weighted by Gasteiger charge is 2.08. The van der Waals surface area contributed by atoms with E-state index in [9.17, 15) is 14.9 Å². The Kier molecular flexibility index (Phi) is 4.41. The van der Waals surface area contributed by atoms with Crippen LogP contribution in [0.1, 0.15) is 5.56 Å². The van der Waals surface area contributed by atoms with Gasteiger partial charge >= 0.3 is 6.09 Å². The summed E-state index contributed by atoms with van der Waals surface area (Å²) in [6.45, 7) is 0. The van der Waals surface area contributed by atoms with Crippen LogP contribution in [0.3, 0.4) is 0 Å². The third-order valence-electron chi connectivity index (χ3n) is 1.74. The number of nitrogens with one attached hydrogen (secondary N) is 1. The molecular formula is C9H8ClN3O4. The van der Waals surface area contributed by atoms with Gasteiger partial charge in [-0.2, -0.15) is 5.10 Å². The van der Waals surface area contributed by atoms with Gasteiger partial charge in [0.25, 0.3) is 5.69 Å². The smallest absolute Gasteiger partial charge is 0.427 e. The second-order valence-corrected chi connectivity index (χ2v) is 3.23. The summed E-state index contributed by atoms with van der Waals surface area (Å²) >= 11 is 5.79. The van der Waals surface area contributed by atoms with Crippen molar-refractivity contribution in [2.24, 2.45) is 5.10 Å². The first-order valence-corrected chi connectivity index (χ1v) is 4.73. The Morgan fingerprint density at radius 1 is 1.65 bits per heavy atom. The van der Waals surface area contributed by atoms with Gasteiger partial charge in [-0.15, -0.1) is 0 Å². The van der Waals surface area contributed by atoms with E-state index in [-0.39, 0.29) is 10.7 Å². The Morgan fingerprint density at radius 2 is 2.35 bits per heavy atom. The molecule has 0 aliphatic heterocycles. The number of halogens is 1. The van der Waals surface area contributed by atoms with Crippen LogP contribution in [-0.2, 0) is 4.74 Å². The minimum Gasteiger partial charge on any atom is -0.452 e. The molecule has 0 aliphatic rings. The van der Waals surface area contributed by atoms with Crippen molar-refractivity contribution in [2.75, 3.05) is 7.11 Å². The molecule has 17 heavy (non-hydrogen) atoms. The highest BCUT2D eigenvalue weighted by molar-refractivity contribution is 6.33. The largest absolute Gasteiger partial charge is 0.452 e. The Labute approximate surface area is 101 Å². The fourth-order valence-corrected chi connectivity index (χ4v) is 1.11. The van der Waals surface area contributed by atoms with Crippen molar-refractivity contribution in [1.82, 2.24) is 5.43 Å². The maximum Gasteiger partial charge on any atom is 0.427 e. The fraction of sp³-hybridized carbons (Fsp3) is 0.111. The minimum atomic E-state index is -0.747. The number of nitrogens with zero attached hydrogens (tertiary/aromatic N) is 2. The molecule has 8 heteroatoms. The molecule has 1 amide bonds. The lowest BCUT2D eigenvalue weighted by Crippen LogP contribution is -2.16. The molecule has 0 heterocycles. The normalized spacial score (nSPS) is 10.2. The van der Waals surface area contributed by atoms with Crippen LogP contribution in [0.15, 0.2) is 23.3 Å². The molecule has 1 aromatic rings. The number of ether oxygens (including phenoxy) is 1. The van der Waals surface area contributed by atoms with Crippen molar-refractivity contribution < 1.29 is 14.5 Å². The average Bonchev–Trinajstić information content (AvgIpc) is 2.30. The molecular weight excluding hydrogens is 250 g/mol. The zero-order valence-corrected chi connectivity index (χ0v) is 9.47. The van der Waals surface area contributed by atoms with E-state index in [1.807, 2.05) is 5.43 Å². The maximum atomic E-state index is 10.7. The first kappa shape index (κ1) is 12.9. The number of carbonyl (C=O) groups is 1. The van der Waals surface area contributed by atoms with Crippen LogP contribution in [0.5, 0.6) is 0 Å². The lowest BCUT2D eigenvalue weighted by atomic mass is 10.2. The monoisotopic (exact) mass is 257 g/mol. The summed E-state index contributed by atoms with van der Waals surface area (Å²) in [5.74, 6) is 0. The third-order valence-corrected chi connectivity index (χ3v) is 2.08. The van der Waals surface area contributed by atoms with Crippen LogP contribution in [0.25, 0.3) is 0 Å². The minimum absolute atomic E-state index is 0.117. The number of benzene rings is 1. The average molecular weight is 258 g/mol. The third kappa shape index (κ3) is 3.72. The zero-order chi connectivity index (χ0) is 12.8. The van der Waals surface area contributed by atoms with Crippen molar-refractivity contribution in [3.63, 3.8) is 0 Å². The number of amides is 1. The molecule has 1 N–H and O–H groups in total. The summed E-state index contributed by atoms with van der Waals surface area (Å²) < 4.78 is 4.28. The highest BCUT2D eigenvalue weighted by atomic mass is 35.5. The molecule has 0 spiro atoms. The first-order valence-electron chi connectivity index (χ1n) is 4.35. The quantitative estimate of drug-likeness (QED) is 0.509. The van der Waals surface area contributed by atoms with E-state index < -0.39 is 11.0 Å². The van der Waals surface area contributed by atoms with Gasteiger partial charge in [0.15, 0.2) is 0 Å². The van der Waals surface area contributed by atoms with E-state index in [0.717, 1.165) is 0 Å². The van der Waals surface area contributed by atoms with Crippen LogP contribution in [-0.4, -0.2) is 24.3 Å². The lowest BCUT2D eigenvalue weighted by molar-refractivity contribution is -0.384. The van der Waals surface area contributed by atoms with Crippen molar-refractivity contribution >= 4 is 29.6 Å². The number of nitro groups is 1. The van der Waals surface area contributed by atoms with Gasteiger partial charge in [0, 0.05) is 22.7 Å². The maximum absolute atomic E-state index is 10.7. The number of hydrogen-bond acceptors (Lipinski definition) is 5. The molecule has 0 radical (unpaired) electrons. The van der Waals surface area contributed by atoms with Gasteiger partial charge in [0.2, 0.25) is 0 Å². The number of methoxy groups -OCH3 is 1. The SMILES string of the molecule is COC(=O)NN=Cc1cc([N+](=O)[O-])ccc1Cl. The summed E-state index contributed by atoms with van der Waals surface area (Å²) in [4.78, 5) is 20.6. The molecule has 0 saturated heterocycles. The van der Waals surface area contributed by atoms with Crippen molar-refractivity contribution in [2.45, 2.75) is 0 Å². The van der Waals surface area contributed by atoms with Gasteiger partial charge in [-0.05, 0) is 6.07 Å². The van der Waals surface area contributed by atoms with Gasteiger partial charge in [0.1, 0.15) is 0 Å². The van der Waals surface area contributed by atoms with Gasteiger partial charge in [-0.3, -0.25) is 10.1 Å². The van der Waals surface area contributed by atoms with E-state index in [1.165, 1.54) is 31.5 Å².